The molecule has 2 saturated heterocycles. The number of carboxylic acids is 1. The van der Waals surface area contributed by atoms with Crippen molar-refractivity contribution in [2.45, 2.75) is 158 Å². The van der Waals surface area contributed by atoms with Gasteiger partial charge in [-0.25, -0.2) is 0 Å². The summed E-state index contributed by atoms with van der Waals surface area (Å²) in [5.41, 5.74) is 3.88. The Balaban J connectivity index is 1.26. The topological polar surface area (TPSA) is 222 Å². The molecular formula is C32H53NO12. The molecule has 258 valence electrons. The lowest BCUT2D eigenvalue weighted by Crippen LogP contribution is -2.68. The van der Waals surface area contributed by atoms with Crippen LogP contribution in [0.15, 0.2) is 0 Å². The predicted molar refractivity (Wildman–Crippen MR) is 156 cm³/mol. The molecule has 2 heterocycles. The lowest BCUT2D eigenvalue weighted by atomic mass is 9.43. The minimum Gasteiger partial charge on any atom is -0.481 e. The molecule has 6 fully saturated rings. The molecule has 6 aliphatic rings. The summed E-state index contributed by atoms with van der Waals surface area (Å²) < 4.78 is 24.7. The van der Waals surface area contributed by atoms with Crippen LogP contribution in [0, 0.1) is 34.5 Å². The minimum atomic E-state index is -1.49. The molecule has 0 unspecified atom stereocenters. The number of nitrogens with two attached hydrogens (primary N) is 1. The van der Waals surface area contributed by atoms with Crippen LogP contribution in [0.3, 0.4) is 0 Å². The van der Waals surface area contributed by atoms with Crippen molar-refractivity contribution in [1.82, 2.24) is 0 Å². The van der Waals surface area contributed by atoms with E-state index in [-0.39, 0.29) is 23.2 Å². The molecule has 0 spiro atoms. The third-order valence-corrected chi connectivity index (χ3v) is 13.5. The lowest BCUT2D eigenvalue weighted by molar-refractivity contribution is -0.357. The number of carboxylic acid groups (broad SMARTS) is 1. The maximum atomic E-state index is 12.6. The highest BCUT2D eigenvalue weighted by Gasteiger charge is 2.71. The monoisotopic (exact) mass is 643 g/mol. The highest BCUT2D eigenvalue weighted by Crippen LogP contribution is 2.71. The Morgan fingerprint density at radius 1 is 0.711 bits per heavy atom. The molecule has 13 nitrogen and oxygen atoms in total. The Hall–Kier alpha value is -0.970. The zero-order valence-electron chi connectivity index (χ0n) is 26.7. The van der Waals surface area contributed by atoms with Gasteiger partial charge in [0, 0.05) is 5.41 Å². The largest absolute Gasteiger partial charge is 0.481 e. The first-order valence-electron chi connectivity index (χ1n) is 16.7. The van der Waals surface area contributed by atoms with Crippen molar-refractivity contribution in [3.8, 4) is 0 Å². The molecule has 6 rings (SSSR count). The van der Waals surface area contributed by atoms with E-state index in [2.05, 4.69) is 6.92 Å². The van der Waals surface area contributed by atoms with Crippen LogP contribution in [0.25, 0.3) is 0 Å². The summed E-state index contributed by atoms with van der Waals surface area (Å²) in [6.45, 7) is 7.48. The van der Waals surface area contributed by atoms with E-state index in [0.717, 1.165) is 19.3 Å². The average Bonchev–Trinajstić information content (AvgIpc) is 3.29. The van der Waals surface area contributed by atoms with E-state index in [1.54, 1.807) is 13.8 Å². The number of fused-ring (bicyclic) bond motifs is 5. The maximum absolute atomic E-state index is 12.6. The number of aliphatic carboxylic acids is 1. The van der Waals surface area contributed by atoms with E-state index in [0.29, 0.717) is 38.5 Å². The number of aliphatic hydroxyl groups is 6. The Bertz CT molecular complexity index is 1130. The summed E-state index contributed by atoms with van der Waals surface area (Å²) >= 11 is 0. The Morgan fingerprint density at radius 3 is 1.87 bits per heavy atom. The van der Waals surface area contributed by atoms with Gasteiger partial charge in [0.15, 0.2) is 12.6 Å². The van der Waals surface area contributed by atoms with Crippen molar-refractivity contribution in [3.05, 3.63) is 0 Å². The fourth-order valence-electron chi connectivity index (χ4n) is 10.6. The third-order valence-electron chi connectivity index (χ3n) is 13.5. The normalized spacial score (nSPS) is 58.3. The van der Waals surface area contributed by atoms with Crippen LogP contribution in [0.2, 0.25) is 0 Å². The van der Waals surface area contributed by atoms with Crippen molar-refractivity contribution in [1.29, 1.82) is 0 Å². The molecule has 0 aromatic heterocycles. The van der Waals surface area contributed by atoms with Gasteiger partial charge in [0.1, 0.15) is 42.3 Å². The summed E-state index contributed by atoms with van der Waals surface area (Å²) in [6.07, 6.45) is -6.73. The Morgan fingerprint density at radius 2 is 1.29 bits per heavy atom. The van der Waals surface area contributed by atoms with Crippen molar-refractivity contribution in [2.24, 2.45) is 40.2 Å². The summed E-state index contributed by atoms with van der Waals surface area (Å²) in [5, 5.41) is 73.1. The van der Waals surface area contributed by atoms with Crippen LogP contribution < -0.4 is 5.73 Å². The van der Waals surface area contributed by atoms with Gasteiger partial charge in [-0.15, -0.1) is 0 Å². The van der Waals surface area contributed by atoms with Crippen molar-refractivity contribution in [3.63, 3.8) is 0 Å². The van der Waals surface area contributed by atoms with Gasteiger partial charge < -0.3 is 60.4 Å². The van der Waals surface area contributed by atoms with E-state index in [1.165, 1.54) is 0 Å². The molecule has 9 N–H and O–H groups in total. The molecule has 13 heteroatoms. The molecule has 2 aliphatic heterocycles. The second kappa shape index (κ2) is 11.6. The van der Waals surface area contributed by atoms with Crippen LogP contribution in [0.4, 0.5) is 0 Å². The Kier molecular flexibility index (Phi) is 8.72. The number of carbonyl (C=O) groups is 1. The third kappa shape index (κ3) is 5.11. The fourth-order valence-corrected chi connectivity index (χ4v) is 10.6. The number of hydrogen-bond donors (Lipinski definition) is 8. The molecule has 4 saturated carbocycles. The minimum absolute atomic E-state index is 0.0378. The quantitative estimate of drug-likeness (QED) is 0.148. The molecule has 45 heavy (non-hydrogen) atoms. The number of ether oxygens (including phenoxy) is 4. The summed E-state index contributed by atoms with van der Waals surface area (Å²) in [6, 6.07) is 0. The zero-order valence-corrected chi connectivity index (χ0v) is 26.7. The highest BCUT2D eigenvalue weighted by molar-refractivity contribution is 5.72. The first-order valence-corrected chi connectivity index (χ1v) is 16.7. The molecular weight excluding hydrogens is 590 g/mol. The number of aliphatic hydroxyl groups excluding tert-OH is 6. The lowest BCUT2D eigenvalue weighted by Gasteiger charge is -2.66. The van der Waals surface area contributed by atoms with Gasteiger partial charge in [-0.3, -0.25) is 4.79 Å². The van der Waals surface area contributed by atoms with Crippen LogP contribution >= 0.6 is 0 Å². The summed E-state index contributed by atoms with van der Waals surface area (Å²) in [5.74, 6) is -1.23. The van der Waals surface area contributed by atoms with E-state index >= 15 is 0 Å². The smallest absolute Gasteiger partial charge is 0.307 e. The van der Waals surface area contributed by atoms with Crippen molar-refractivity contribution in [2.75, 3.05) is 0 Å². The molecule has 0 radical (unpaired) electrons. The van der Waals surface area contributed by atoms with E-state index in [1.807, 2.05) is 6.92 Å². The Labute approximate surface area is 264 Å². The highest BCUT2D eigenvalue weighted by atomic mass is 16.7. The van der Waals surface area contributed by atoms with Crippen LogP contribution in [0.5, 0.6) is 0 Å². The summed E-state index contributed by atoms with van der Waals surface area (Å²) in [7, 11) is 0. The van der Waals surface area contributed by atoms with E-state index < -0.39 is 90.0 Å². The van der Waals surface area contributed by atoms with Gasteiger partial charge >= 0.3 is 5.97 Å². The molecule has 0 aromatic rings. The maximum Gasteiger partial charge on any atom is 0.307 e. The molecule has 0 aromatic carbocycles. The molecule has 0 bridgehead atoms. The molecule has 0 amide bonds. The molecule has 4 aliphatic carbocycles. The predicted octanol–water partition coefficient (Wildman–Crippen LogP) is 0.196. The van der Waals surface area contributed by atoms with Gasteiger partial charge in [0.05, 0.1) is 23.7 Å². The number of hydrogen-bond acceptors (Lipinski definition) is 12. The van der Waals surface area contributed by atoms with Crippen LogP contribution in [-0.2, 0) is 23.7 Å². The van der Waals surface area contributed by atoms with Gasteiger partial charge in [-0.05, 0) is 94.8 Å². The second-order valence-electron chi connectivity index (χ2n) is 15.6. The number of rotatable bonds is 5. The summed E-state index contributed by atoms with van der Waals surface area (Å²) in [4.78, 5) is 12.6. The first kappa shape index (κ1) is 33.9. The van der Waals surface area contributed by atoms with E-state index in [9.17, 15) is 40.5 Å². The van der Waals surface area contributed by atoms with Crippen molar-refractivity contribution < 1.29 is 59.5 Å². The standard InChI is InChI=1S/C32H53NO12/c1-14-20(34)22(36)24(38)27(42-14)44-31(33)12-11-29(3)16(13-31)5-6-18-17(29)7-9-30(4)19(26(40)41)8-10-32(18,30)45-28-25(39)23(37)21(35)15(2)43-28/h14-25,27-28,34-39H,5-13,33H2,1-4H3,(H,40,41)/t14-,15-,16-,17+,18-,19-,20-,21-,22+,23+,24+,25+,27-,28-,29+,30-,31+,32+/m1/s1. The SMILES string of the molecule is C[C@H]1O[C@H](O[C@@]2(N)CC[C@@]3(C)[C@H](CC[C@@H]4[C@@H]3CC[C@]3(C)[C@@H](C(=O)O)CC[C@]43O[C@H]3O[C@H](C)[C@@H](O)[C@H](O)[C@@H]3O)C2)[C@@H](O)[C@@H](O)[C@@H]1O. The van der Waals surface area contributed by atoms with E-state index in [4.69, 9.17) is 24.7 Å². The average molecular weight is 644 g/mol. The fraction of sp³-hybridized carbons (Fsp3) is 0.969. The van der Waals surface area contributed by atoms with Gasteiger partial charge in [0.2, 0.25) is 0 Å². The molecule has 18 atom stereocenters. The zero-order chi connectivity index (χ0) is 32.9. The van der Waals surface area contributed by atoms with Crippen LogP contribution in [-0.4, -0.2) is 114 Å². The van der Waals surface area contributed by atoms with Gasteiger partial charge in [-0.1, -0.05) is 13.8 Å². The van der Waals surface area contributed by atoms with Crippen LogP contribution in [0.1, 0.15) is 85.5 Å². The first-order chi connectivity index (χ1) is 21.0. The second-order valence-corrected chi connectivity index (χ2v) is 15.6. The van der Waals surface area contributed by atoms with Gasteiger partial charge in [0.25, 0.3) is 0 Å². The van der Waals surface area contributed by atoms with Crippen molar-refractivity contribution >= 4 is 5.97 Å². The van der Waals surface area contributed by atoms with Gasteiger partial charge in [-0.2, -0.15) is 0 Å².